The monoisotopic (exact) mass is 340 g/mol. The van der Waals surface area contributed by atoms with E-state index in [-0.39, 0.29) is 5.82 Å². The fourth-order valence-electron chi connectivity index (χ4n) is 3.61. The van der Waals surface area contributed by atoms with Crippen LogP contribution in [0.25, 0.3) is 5.57 Å². The number of ether oxygens (including phenoxy) is 1. The van der Waals surface area contributed by atoms with Gasteiger partial charge in [-0.1, -0.05) is 36.4 Å². The van der Waals surface area contributed by atoms with E-state index in [1.165, 1.54) is 17.3 Å². The fourth-order valence-corrected chi connectivity index (χ4v) is 3.61. The van der Waals surface area contributed by atoms with E-state index in [4.69, 9.17) is 4.74 Å². The van der Waals surface area contributed by atoms with Crippen LogP contribution < -0.4 is 4.74 Å². The average molecular weight is 340 g/mol. The predicted molar refractivity (Wildman–Crippen MR) is 93.4 cm³/mol. The lowest BCUT2D eigenvalue weighted by molar-refractivity contribution is -0.389. The highest BCUT2D eigenvalue weighted by Crippen LogP contribution is 2.32. The van der Waals surface area contributed by atoms with E-state index in [0.29, 0.717) is 12.6 Å². The Hall–Kier alpha value is -2.67. The summed E-state index contributed by atoms with van der Waals surface area (Å²) in [6.07, 6.45) is 4.74. The highest BCUT2D eigenvalue weighted by atomic mass is 16.6. The van der Waals surface area contributed by atoms with Crippen LogP contribution in [-0.4, -0.2) is 44.6 Å². The van der Waals surface area contributed by atoms with Crippen LogP contribution in [0.4, 0.5) is 5.82 Å². The van der Waals surface area contributed by atoms with Gasteiger partial charge in [-0.2, -0.15) is 0 Å². The Morgan fingerprint density at radius 1 is 1.36 bits per heavy atom. The molecule has 4 rings (SSSR count). The first-order valence-corrected chi connectivity index (χ1v) is 8.40. The minimum Gasteiger partial charge on any atom is -0.436 e. The average Bonchev–Trinajstić information content (AvgIpc) is 3.11. The van der Waals surface area contributed by atoms with Gasteiger partial charge in [0.2, 0.25) is 0 Å². The lowest BCUT2D eigenvalue weighted by atomic mass is 9.98. The zero-order valence-corrected chi connectivity index (χ0v) is 14.1. The van der Waals surface area contributed by atoms with E-state index in [9.17, 15) is 10.1 Å². The molecule has 0 bridgehead atoms. The molecule has 1 aromatic carbocycles. The maximum atomic E-state index is 10.8. The lowest BCUT2D eigenvalue weighted by Crippen LogP contribution is -2.46. The molecule has 2 aromatic rings. The van der Waals surface area contributed by atoms with Crippen LogP contribution in [-0.2, 0) is 6.54 Å². The molecule has 0 radical (unpaired) electrons. The van der Waals surface area contributed by atoms with Gasteiger partial charge in [0, 0.05) is 24.6 Å². The molecule has 25 heavy (non-hydrogen) atoms. The summed E-state index contributed by atoms with van der Waals surface area (Å²) in [5.74, 6) is -0.162. The minimum absolute atomic E-state index is 0.162. The number of hydrogen-bond donors (Lipinski definition) is 0. The number of aromatic nitrogens is 2. The standard InChI is InChI=1S/C18H20N4O3/c1-18(13-21-11-16(22(23)24)19-17(21)25-18)12-20-9-7-15(8-10-20)14-5-3-2-4-6-14/h2-7,11H,8-10,12-13H2,1H3. The van der Waals surface area contributed by atoms with Crippen LogP contribution in [0, 0.1) is 10.1 Å². The van der Waals surface area contributed by atoms with E-state index in [0.717, 1.165) is 26.1 Å². The molecule has 1 atom stereocenters. The molecule has 3 heterocycles. The molecule has 0 amide bonds. The largest absolute Gasteiger partial charge is 0.436 e. The summed E-state index contributed by atoms with van der Waals surface area (Å²) in [6.45, 7) is 5.23. The number of nitro groups is 1. The minimum atomic E-state index is -0.493. The van der Waals surface area contributed by atoms with Crippen molar-refractivity contribution in [3.63, 3.8) is 0 Å². The molecule has 7 nitrogen and oxygen atoms in total. The number of nitrogens with zero attached hydrogens (tertiary/aromatic N) is 4. The van der Waals surface area contributed by atoms with E-state index in [1.807, 2.05) is 13.0 Å². The van der Waals surface area contributed by atoms with Crippen LogP contribution in [0.3, 0.4) is 0 Å². The van der Waals surface area contributed by atoms with Crippen molar-refractivity contribution in [2.24, 2.45) is 0 Å². The molecule has 0 saturated carbocycles. The second kappa shape index (κ2) is 6.00. The van der Waals surface area contributed by atoms with Crippen LogP contribution in [0.15, 0.2) is 42.6 Å². The second-order valence-corrected chi connectivity index (χ2v) is 6.90. The van der Waals surface area contributed by atoms with Gasteiger partial charge in [0.05, 0.1) is 6.54 Å². The molecular weight excluding hydrogens is 320 g/mol. The zero-order chi connectivity index (χ0) is 17.4. The Balaban J connectivity index is 1.39. The number of hydrogen-bond acceptors (Lipinski definition) is 5. The van der Waals surface area contributed by atoms with E-state index >= 15 is 0 Å². The fraction of sp³-hybridized carbons (Fsp3) is 0.389. The van der Waals surface area contributed by atoms with E-state index in [1.54, 1.807) is 4.57 Å². The third kappa shape index (κ3) is 3.15. The summed E-state index contributed by atoms with van der Waals surface area (Å²) in [7, 11) is 0. The van der Waals surface area contributed by atoms with Crippen molar-refractivity contribution in [2.45, 2.75) is 25.5 Å². The van der Waals surface area contributed by atoms with Crippen LogP contribution >= 0.6 is 0 Å². The maximum absolute atomic E-state index is 10.8. The van der Waals surface area contributed by atoms with Crippen molar-refractivity contribution in [1.29, 1.82) is 0 Å². The molecule has 0 saturated heterocycles. The highest BCUT2D eigenvalue weighted by molar-refractivity contribution is 5.66. The summed E-state index contributed by atoms with van der Waals surface area (Å²) in [5, 5.41) is 10.8. The molecular formula is C18H20N4O3. The van der Waals surface area contributed by atoms with Crippen molar-refractivity contribution < 1.29 is 9.66 Å². The molecule has 1 aromatic heterocycles. The van der Waals surface area contributed by atoms with E-state index in [2.05, 4.69) is 40.2 Å². The Kier molecular flexibility index (Phi) is 3.80. The summed E-state index contributed by atoms with van der Waals surface area (Å²) in [5.41, 5.74) is 2.27. The highest BCUT2D eigenvalue weighted by Gasteiger charge is 2.41. The van der Waals surface area contributed by atoms with Gasteiger partial charge in [-0.25, -0.2) is 0 Å². The summed E-state index contributed by atoms with van der Waals surface area (Å²) >= 11 is 0. The second-order valence-electron chi connectivity index (χ2n) is 6.90. The van der Waals surface area contributed by atoms with Gasteiger partial charge < -0.3 is 14.9 Å². The third-order valence-corrected chi connectivity index (χ3v) is 4.75. The van der Waals surface area contributed by atoms with Gasteiger partial charge in [-0.15, -0.1) is 0 Å². The Bertz CT molecular complexity index is 805. The van der Waals surface area contributed by atoms with Gasteiger partial charge in [-0.3, -0.25) is 9.47 Å². The maximum Gasteiger partial charge on any atom is 0.415 e. The number of benzene rings is 1. The number of fused-ring (bicyclic) bond motifs is 1. The first kappa shape index (κ1) is 15.8. The van der Waals surface area contributed by atoms with Gasteiger partial charge >= 0.3 is 11.8 Å². The molecule has 2 aliphatic heterocycles. The summed E-state index contributed by atoms with van der Waals surface area (Å²) in [4.78, 5) is 16.6. The quantitative estimate of drug-likeness (QED) is 0.632. The lowest BCUT2D eigenvalue weighted by Gasteiger charge is -2.33. The normalized spacial score (nSPS) is 23.0. The van der Waals surface area contributed by atoms with Gasteiger partial charge in [0.1, 0.15) is 11.8 Å². The van der Waals surface area contributed by atoms with Crippen molar-refractivity contribution in [3.8, 4) is 6.01 Å². The first-order chi connectivity index (χ1) is 12.0. The molecule has 0 spiro atoms. The van der Waals surface area contributed by atoms with Crippen molar-refractivity contribution >= 4 is 11.4 Å². The van der Waals surface area contributed by atoms with Gasteiger partial charge in [-0.05, 0) is 29.4 Å². The van der Waals surface area contributed by atoms with Crippen LogP contribution in [0.2, 0.25) is 0 Å². The molecule has 7 heteroatoms. The Labute approximate surface area is 145 Å². The predicted octanol–water partition coefficient (Wildman–Crippen LogP) is 2.73. The van der Waals surface area contributed by atoms with Crippen LogP contribution in [0.1, 0.15) is 18.9 Å². The zero-order valence-electron chi connectivity index (χ0n) is 14.1. The van der Waals surface area contributed by atoms with Gasteiger partial charge in [0.25, 0.3) is 0 Å². The van der Waals surface area contributed by atoms with Crippen molar-refractivity contribution in [3.05, 3.63) is 58.3 Å². The molecule has 130 valence electrons. The van der Waals surface area contributed by atoms with Crippen LogP contribution in [0.5, 0.6) is 6.01 Å². The molecule has 1 unspecified atom stereocenters. The SMILES string of the molecule is CC1(CN2CC=C(c3ccccc3)CC2)Cn2cc([N+](=O)[O-])nc2O1. The van der Waals surface area contributed by atoms with Crippen molar-refractivity contribution in [2.75, 3.05) is 19.6 Å². The topological polar surface area (TPSA) is 73.4 Å². The molecule has 0 aliphatic carbocycles. The smallest absolute Gasteiger partial charge is 0.415 e. The van der Waals surface area contributed by atoms with Gasteiger partial charge in [0.15, 0.2) is 0 Å². The summed E-state index contributed by atoms with van der Waals surface area (Å²) < 4.78 is 7.65. The third-order valence-electron chi connectivity index (χ3n) is 4.75. The Morgan fingerprint density at radius 2 is 2.16 bits per heavy atom. The summed E-state index contributed by atoms with van der Waals surface area (Å²) in [6, 6.07) is 10.8. The van der Waals surface area contributed by atoms with Crippen molar-refractivity contribution in [1.82, 2.24) is 14.5 Å². The Morgan fingerprint density at radius 3 is 2.80 bits per heavy atom. The molecule has 0 fully saturated rings. The van der Waals surface area contributed by atoms with E-state index < -0.39 is 10.5 Å². The number of rotatable bonds is 4. The molecule has 2 aliphatic rings. The first-order valence-electron chi connectivity index (χ1n) is 8.40. The number of imidazole rings is 1. The molecule has 0 N–H and O–H groups in total.